The zero-order chi connectivity index (χ0) is 23.7. The molecule has 0 unspecified atom stereocenters. The van der Waals surface area contributed by atoms with Gasteiger partial charge in [0.05, 0.1) is 29.8 Å². The number of thiocarbonyl (C=S) groups is 1. The highest BCUT2D eigenvalue weighted by Crippen LogP contribution is 2.34. The number of hydrogen-bond acceptors (Lipinski definition) is 7. The van der Waals surface area contributed by atoms with Crippen molar-refractivity contribution in [2.24, 2.45) is 0 Å². The van der Waals surface area contributed by atoms with Crippen molar-refractivity contribution in [1.82, 2.24) is 14.3 Å². The molecule has 1 aromatic carbocycles. The lowest BCUT2D eigenvalue weighted by Gasteiger charge is -2.14. The van der Waals surface area contributed by atoms with E-state index in [1.165, 1.54) is 27.5 Å². The van der Waals surface area contributed by atoms with E-state index in [0.717, 1.165) is 17.3 Å². The molecular weight excluding hydrogens is 475 g/mol. The van der Waals surface area contributed by atoms with E-state index in [0.29, 0.717) is 33.0 Å². The first-order valence-electron chi connectivity index (χ1n) is 10.3. The standard InChI is InChI=1S/C24H17FN4O3S2/c25-16-8-6-15(7-9-16)14-29-23(31)19(34-24(29)33)12-18-21(26-13-17-4-3-11-32-17)27-20-5-1-2-10-28(20)22(18)30/h1-12,26H,13-14H2/b19-12+. The first-order chi connectivity index (χ1) is 16.5. The molecule has 4 aromatic rings. The van der Waals surface area contributed by atoms with Gasteiger partial charge in [-0.2, -0.15) is 0 Å². The van der Waals surface area contributed by atoms with E-state index in [4.69, 9.17) is 16.6 Å². The molecule has 1 N–H and O–H groups in total. The van der Waals surface area contributed by atoms with Crippen LogP contribution in [0.25, 0.3) is 11.7 Å². The molecule has 10 heteroatoms. The SMILES string of the molecule is O=C1/C(=C\c2c(NCc3ccco3)nc3ccccn3c2=O)SC(=S)N1Cc1ccc(F)cc1. The van der Waals surface area contributed by atoms with Crippen LogP contribution in [0.3, 0.4) is 0 Å². The van der Waals surface area contributed by atoms with Crippen LogP contribution in [0.1, 0.15) is 16.9 Å². The highest BCUT2D eigenvalue weighted by atomic mass is 32.2. The molecule has 3 aromatic heterocycles. The molecule has 1 amide bonds. The maximum absolute atomic E-state index is 13.3. The Morgan fingerprint density at radius 2 is 1.94 bits per heavy atom. The van der Waals surface area contributed by atoms with E-state index in [9.17, 15) is 14.0 Å². The van der Waals surface area contributed by atoms with Crippen LogP contribution in [-0.4, -0.2) is 24.5 Å². The van der Waals surface area contributed by atoms with Crippen LogP contribution in [0.5, 0.6) is 0 Å². The predicted molar refractivity (Wildman–Crippen MR) is 133 cm³/mol. The molecule has 0 spiro atoms. The average molecular weight is 493 g/mol. The quantitative estimate of drug-likeness (QED) is 0.315. The van der Waals surface area contributed by atoms with Crippen LogP contribution in [0.4, 0.5) is 10.2 Å². The summed E-state index contributed by atoms with van der Waals surface area (Å²) in [5.74, 6) is 0.324. The Morgan fingerprint density at radius 3 is 2.71 bits per heavy atom. The van der Waals surface area contributed by atoms with Crippen LogP contribution in [0.15, 0.2) is 81.2 Å². The fourth-order valence-corrected chi connectivity index (χ4v) is 4.73. The lowest BCUT2D eigenvalue weighted by Crippen LogP contribution is -2.27. The molecule has 0 saturated carbocycles. The molecule has 1 fully saturated rings. The Hall–Kier alpha value is -3.76. The van der Waals surface area contributed by atoms with E-state index < -0.39 is 0 Å². The van der Waals surface area contributed by atoms with Crippen LogP contribution >= 0.6 is 24.0 Å². The first kappa shape index (κ1) is 22.1. The zero-order valence-electron chi connectivity index (χ0n) is 17.6. The van der Waals surface area contributed by atoms with E-state index >= 15 is 0 Å². The van der Waals surface area contributed by atoms with Gasteiger partial charge < -0.3 is 9.73 Å². The van der Waals surface area contributed by atoms with Gasteiger partial charge in [-0.25, -0.2) is 9.37 Å². The van der Waals surface area contributed by atoms with Crippen LogP contribution < -0.4 is 10.9 Å². The molecule has 34 heavy (non-hydrogen) atoms. The second-order valence-corrected chi connectivity index (χ2v) is 9.11. The topological polar surface area (TPSA) is 79.9 Å². The molecular formula is C24H17FN4O3S2. The third kappa shape index (κ3) is 4.37. The predicted octanol–water partition coefficient (Wildman–Crippen LogP) is 4.44. The Labute approximate surface area is 202 Å². The number of carbonyl (C=O) groups excluding carboxylic acids is 1. The molecule has 7 nitrogen and oxygen atoms in total. The van der Waals surface area contributed by atoms with Crippen molar-refractivity contribution in [3.8, 4) is 0 Å². The first-order valence-corrected chi connectivity index (χ1v) is 11.5. The highest BCUT2D eigenvalue weighted by Gasteiger charge is 2.32. The summed E-state index contributed by atoms with van der Waals surface area (Å²) in [5, 5.41) is 3.14. The number of carbonyl (C=O) groups is 1. The Kier molecular flexibility index (Phi) is 5.99. The Balaban J connectivity index is 1.50. The minimum atomic E-state index is -0.354. The summed E-state index contributed by atoms with van der Waals surface area (Å²) >= 11 is 6.52. The number of aromatic nitrogens is 2. The monoisotopic (exact) mass is 492 g/mol. The average Bonchev–Trinajstić information content (AvgIpc) is 3.45. The summed E-state index contributed by atoms with van der Waals surface area (Å²) in [7, 11) is 0. The molecule has 1 aliphatic heterocycles. The summed E-state index contributed by atoms with van der Waals surface area (Å²) in [6, 6.07) is 14.7. The van der Waals surface area contributed by atoms with E-state index in [1.54, 1.807) is 54.9 Å². The summed E-state index contributed by atoms with van der Waals surface area (Å²) in [4.78, 5) is 32.8. The number of amides is 1. The van der Waals surface area contributed by atoms with E-state index in [-0.39, 0.29) is 29.4 Å². The highest BCUT2D eigenvalue weighted by molar-refractivity contribution is 8.26. The third-order valence-corrected chi connectivity index (χ3v) is 6.56. The van der Waals surface area contributed by atoms with Gasteiger partial charge in [0.1, 0.15) is 27.4 Å². The summed E-state index contributed by atoms with van der Waals surface area (Å²) < 4.78 is 20.4. The van der Waals surface area contributed by atoms with Gasteiger partial charge in [-0.15, -0.1) is 0 Å². The summed E-state index contributed by atoms with van der Waals surface area (Å²) in [6.07, 6.45) is 4.70. The second-order valence-electron chi connectivity index (χ2n) is 7.44. The van der Waals surface area contributed by atoms with E-state index in [1.807, 2.05) is 0 Å². The molecule has 0 aliphatic carbocycles. The molecule has 0 radical (unpaired) electrons. The number of pyridine rings is 1. The number of furan rings is 1. The van der Waals surface area contributed by atoms with Gasteiger partial charge >= 0.3 is 0 Å². The van der Waals surface area contributed by atoms with E-state index in [2.05, 4.69) is 10.3 Å². The van der Waals surface area contributed by atoms with Crippen LogP contribution in [0.2, 0.25) is 0 Å². The van der Waals surface area contributed by atoms with Gasteiger partial charge in [-0.1, -0.05) is 42.2 Å². The van der Waals surface area contributed by atoms with Crippen molar-refractivity contribution in [3.05, 3.63) is 105 Å². The van der Waals surface area contributed by atoms with Gasteiger partial charge in [0.2, 0.25) is 0 Å². The van der Waals surface area contributed by atoms with Crippen molar-refractivity contribution in [2.75, 3.05) is 5.32 Å². The van der Waals surface area contributed by atoms with Gasteiger partial charge in [0.25, 0.3) is 11.5 Å². The fraction of sp³-hybridized carbons (Fsp3) is 0.0833. The number of halogens is 1. The fourth-order valence-electron chi connectivity index (χ4n) is 3.49. The van der Waals surface area contributed by atoms with Crippen molar-refractivity contribution in [3.63, 3.8) is 0 Å². The number of hydrogen-bond donors (Lipinski definition) is 1. The third-order valence-electron chi connectivity index (χ3n) is 5.18. The van der Waals surface area contributed by atoms with Gasteiger partial charge in [-0.3, -0.25) is 18.9 Å². The molecule has 0 bridgehead atoms. The van der Waals surface area contributed by atoms with Gasteiger partial charge in [0, 0.05) is 6.20 Å². The molecule has 1 aliphatic rings. The largest absolute Gasteiger partial charge is 0.467 e. The number of anilines is 1. The number of thioether (sulfide) groups is 1. The summed E-state index contributed by atoms with van der Waals surface area (Å²) in [6.45, 7) is 0.523. The molecule has 170 valence electrons. The minimum Gasteiger partial charge on any atom is -0.467 e. The minimum absolute atomic E-state index is 0.209. The maximum atomic E-state index is 13.3. The molecule has 0 atom stereocenters. The maximum Gasteiger partial charge on any atom is 0.267 e. The zero-order valence-corrected chi connectivity index (χ0v) is 19.2. The number of fused-ring (bicyclic) bond motifs is 1. The van der Waals surface area contributed by atoms with Crippen molar-refractivity contribution < 1.29 is 13.6 Å². The number of nitrogens with zero attached hydrogens (tertiary/aromatic N) is 3. The normalized spacial score (nSPS) is 15.0. The number of benzene rings is 1. The molecule has 5 rings (SSSR count). The van der Waals surface area contributed by atoms with Crippen molar-refractivity contribution >= 4 is 51.7 Å². The van der Waals surface area contributed by atoms with Crippen molar-refractivity contribution in [1.29, 1.82) is 0 Å². The Bertz CT molecular complexity index is 1480. The van der Waals surface area contributed by atoms with Crippen LogP contribution in [0, 0.1) is 5.82 Å². The van der Waals surface area contributed by atoms with Gasteiger partial charge in [-0.05, 0) is 48.0 Å². The van der Waals surface area contributed by atoms with Crippen molar-refractivity contribution in [2.45, 2.75) is 13.1 Å². The van der Waals surface area contributed by atoms with Crippen LogP contribution in [-0.2, 0) is 17.9 Å². The second kappa shape index (κ2) is 9.24. The number of rotatable bonds is 6. The molecule has 4 heterocycles. The van der Waals surface area contributed by atoms with Gasteiger partial charge in [0.15, 0.2) is 0 Å². The molecule has 1 saturated heterocycles. The Morgan fingerprint density at radius 1 is 1.12 bits per heavy atom. The lowest BCUT2D eigenvalue weighted by molar-refractivity contribution is -0.122. The summed E-state index contributed by atoms with van der Waals surface area (Å²) in [5.41, 5.74) is 1.12. The lowest BCUT2D eigenvalue weighted by atomic mass is 10.2. The number of nitrogens with one attached hydrogen (secondary N) is 1. The smallest absolute Gasteiger partial charge is 0.267 e.